The van der Waals surface area contributed by atoms with Crippen molar-refractivity contribution in [2.45, 2.75) is 13.0 Å². The molecule has 0 radical (unpaired) electrons. The summed E-state index contributed by atoms with van der Waals surface area (Å²) >= 11 is 3.41. The molecular formula is C19H20BrNO3. The Hall–Kier alpha value is -2.27. The summed E-state index contributed by atoms with van der Waals surface area (Å²) in [5.41, 5.74) is 1.96. The number of halogens is 1. The highest BCUT2D eigenvalue weighted by atomic mass is 79.9. The smallest absolute Gasteiger partial charge is 0.407 e. The molecule has 0 spiro atoms. The molecule has 0 bridgehead atoms. The number of methoxy groups -OCH3 is 1. The number of hydrogen-bond donors (Lipinski definition) is 1. The largest absolute Gasteiger partial charge is 0.496 e. The number of carbonyl (C=O) groups is 1. The first-order valence-electron chi connectivity index (χ1n) is 7.63. The molecule has 0 atom stereocenters. The first kappa shape index (κ1) is 18.1. The molecule has 2 aromatic carbocycles. The number of ether oxygens (including phenoxy) is 2. The van der Waals surface area contributed by atoms with Gasteiger partial charge in [-0.1, -0.05) is 64.5 Å². The molecule has 4 nitrogen and oxygen atoms in total. The normalized spacial score (nSPS) is 10.6. The second-order valence-corrected chi connectivity index (χ2v) is 5.98. The minimum Gasteiger partial charge on any atom is -0.496 e. The van der Waals surface area contributed by atoms with Gasteiger partial charge in [0.1, 0.15) is 12.4 Å². The van der Waals surface area contributed by atoms with Gasteiger partial charge >= 0.3 is 6.09 Å². The van der Waals surface area contributed by atoms with E-state index in [0.29, 0.717) is 13.0 Å². The van der Waals surface area contributed by atoms with Crippen molar-refractivity contribution in [3.63, 3.8) is 0 Å². The maximum atomic E-state index is 11.6. The molecule has 0 fully saturated rings. The number of nitrogens with one attached hydrogen (secondary N) is 1. The molecule has 2 rings (SSSR count). The third kappa shape index (κ3) is 6.08. The van der Waals surface area contributed by atoms with Gasteiger partial charge in [-0.2, -0.15) is 0 Å². The highest BCUT2D eigenvalue weighted by molar-refractivity contribution is 9.10. The van der Waals surface area contributed by atoms with Crippen LogP contribution >= 0.6 is 15.9 Å². The number of alkyl carbamates (subject to hydrolysis) is 1. The predicted octanol–water partition coefficient (Wildman–Crippen LogP) is 4.79. The van der Waals surface area contributed by atoms with E-state index in [-0.39, 0.29) is 6.61 Å². The molecule has 0 heterocycles. The summed E-state index contributed by atoms with van der Waals surface area (Å²) in [6.07, 6.45) is 4.26. The lowest BCUT2D eigenvalue weighted by molar-refractivity contribution is 0.140. The number of hydrogen-bond acceptors (Lipinski definition) is 3. The highest BCUT2D eigenvalue weighted by Gasteiger charge is 2.02. The molecule has 5 heteroatoms. The average Bonchev–Trinajstić information content (AvgIpc) is 2.61. The van der Waals surface area contributed by atoms with E-state index in [0.717, 1.165) is 21.3 Å². The molecule has 0 unspecified atom stereocenters. The Morgan fingerprint density at radius 3 is 2.75 bits per heavy atom. The lowest BCUT2D eigenvalue weighted by Crippen LogP contribution is -2.24. The van der Waals surface area contributed by atoms with Gasteiger partial charge in [-0.15, -0.1) is 0 Å². The van der Waals surface area contributed by atoms with Crippen LogP contribution in [0.25, 0.3) is 6.08 Å². The second kappa shape index (κ2) is 9.78. The van der Waals surface area contributed by atoms with Crippen LogP contribution in [0.5, 0.6) is 5.75 Å². The van der Waals surface area contributed by atoms with Gasteiger partial charge in [0.25, 0.3) is 0 Å². The number of amides is 1. The molecule has 1 N–H and O–H groups in total. The summed E-state index contributed by atoms with van der Waals surface area (Å²) < 4.78 is 11.4. The molecule has 0 aliphatic heterocycles. The first-order valence-corrected chi connectivity index (χ1v) is 8.43. The summed E-state index contributed by atoms with van der Waals surface area (Å²) in [6.45, 7) is 0.793. The lowest BCUT2D eigenvalue weighted by Gasteiger charge is -2.06. The molecule has 0 saturated heterocycles. The summed E-state index contributed by atoms with van der Waals surface area (Å²) in [4.78, 5) is 11.6. The van der Waals surface area contributed by atoms with Gasteiger partial charge in [-0.25, -0.2) is 4.79 Å². The summed E-state index contributed by atoms with van der Waals surface area (Å²) in [7, 11) is 1.64. The van der Waals surface area contributed by atoms with Crippen molar-refractivity contribution in [1.82, 2.24) is 5.32 Å². The van der Waals surface area contributed by atoms with Gasteiger partial charge in [0, 0.05) is 16.6 Å². The van der Waals surface area contributed by atoms with E-state index in [2.05, 4.69) is 21.2 Å². The van der Waals surface area contributed by atoms with Gasteiger partial charge in [0.05, 0.1) is 7.11 Å². The number of benzene rings is 2. The fraction of sp³-hybridized carbons (Fsp3) is 0.211. The zero-order valence-electron chi connectivity index (χ0n) is 13.5. The maximum absolute atomic E-state index is 11.6. The standard InChI is InChI=1S/C19H20BrNO3/c1-23-18-13-17(20)11-10-16(18)9-5-6-12-21-19(22)24-14-15-7-3-2-4-8-15/h2-5,7-11,13H,6,12,14H2,1H3,(H,21,22). The Kier molecular flexibility index (Phi) is 7.36. The number of carbonyl (C=O) groups excluding carboxylic acids is 1. The number of rotatable bonds is 7. The first-order chi connectivity index (χ1) is 11.7. The molecule has 0 aliphatic rings. The van der Waals surface area contributed by atoms with Crippen molar-refractivity contribution in [3.8, 4) is 5.75 Å². The topological polar surface area (TPSA) is 47.6 Å². The van der Waals surface area contributed by atoms with E-state index in [9.17, 15) is 4.79 Å². The Bertz CT molecular complexity index is 686. The Morgan fingerprint density at radius 1 is 1.21 bits per heavy atom. The quantitative estimate of drug-likeness (QED) is 0.692. The molecule has 126 valence electrons. The van der Waals surface area contributed by atoms with E-state index in [1.165, 1.54) is 0 Å². The predicted molar refractivity (Wildman–Crippen MR) is 99.0 cm³/mol. The molecule has 1 amide bonds. The van der Waals surface area contributed by atoms with Gasteiger partial charge in [-0.05, 0) is 24.1 Å². The van der Waals surface area contributed by atoms with Crippen LogP contribution in [0.15, 0.2) is 59.1 Å². The van der Waals surface area contributed by atoms with Gasteiger partial charge in [-0.3, -0.25) is 0 Å². The summed E-state index contributed by atoms with van der Waals surface area (Å²) in [5, 5.41) is 2.73. The summed E-state index contributed by atoms with van der Waals surface area (Å²) in [6, 6.07) is 15.4. The van der Waals surface area contributed by atoms with Crippen LogP contribution in [-0.2, 0) is 11.3 Å². The van der Waals surface area contributed by atoms with E-state index >= 15 is 0 Å². The minimum absolute atomic E-state index is 0.276. The van der Waals surface area contributed by atoms with Gasteiger partial charge in [0.2, 0.25) is 0 Å². The maximum Gasteiger partial charge on any atom is 0.407 e. The highest BCUT2D eigenvalue weighted by Crippen LogP contribution is 2.24. The molecule has 2 aromatic rings. The Morgan fingerprint density at radius 2 is 2.00 bits per heavy atom. The van der Waals surface area contributed by atoms with E-state index in [1.807, 2.05) is 60.7 Å². The fourth-order valence-corrected chi connectivity index (χ4v) is 2.40. The third-order valence-electron chi connectivity index (χ3n) is 3.29. The van der Waals surface area contributed by atoms with E-state index in [4.69, 9.17) is 9.47 Å². The molecule has 24 heavy (non-hydrogen) atoms. The van der Waals surface area contributed by atoms with Crippen LogP contribution < -0.4 is 10.1 Å². The van der Waals surface area contributed by atoms with Crippen LogP contribution in [0, 0.1) is 0 Å². The lowest BCUT2D eigenvalue weighted by atomic mass is 10.2. The van der Waals surface area contributed by atoms with Crippen LogP contribution in [-0.4, -0.2) is 19.7 Å². The van der Waals surface area contributed by atoms with Crippen molar-refractivity contribution < 1.29 is 14.3 Å². The van der Waals surface area contributed by atoms with Crippen molar-refractivity contribution in [3.05, 3.63) is 70.2 Å². The van der Waals surface area contributed by atoms with Gasteiger partial charge < -0.3 is 14.8 Å². The average molecular weight is 390 g/mol. The van der Waals surface area contributed by atoms with Crippen molar-refractivity contribution in [2.24, 2.45) is 0 Å². The summed E-state index contributed by atoms with van der Waals surface area (Å²) in [5.74, 6) is 0.802. The second-order valence-electron chi connectivity index (χ2n) is 5.07. The van der Waals surface area contributed by atoms with E-state index in [1.54, 1.807) is 7.11 Å². The molecule has 0 aliphatic carbocycles. The van der Waals surface area contributed by atoms with Crippen LogP contribution in [0.1, 0.15) is 17.5 Å². The third-order valence-corrected chi connectivity index (χ3v) is 3.78. The molecular weight excluding hydrogens is 370 g/mol. The SMILES string of the molecule is COc1cc(Br)ccc1C=CCCNC(=O)OCc1ccccc1. The van der Waals surface area contributed by atoms with Crippen molar-refractivity contribution in [2.75, 3.05) is 13.7 Å². The molecule has 0 saturated carbocycles. The fourth-order valence-electron chi connectivity index (χ4n) is 2.06. The molecule has 0 aromatic heterocycles. The zero-order chi connectivity index (χ0) is 17.2. The van der Waals surface area contributed by atoms with Crippen LogP contribution in [0.4, 0.5) is 4.79 Å². The van der Waals surface area contributed by atoms with Crippen molar-refractivity contribution >= 4 is 28.1 Å². The van der Waals surface area contributed by atoms with E-state index < -0.39 is 6.09 Å². The van der Waals surface area contributed by atoms with Crippen molar-refractivity contribution in [1.29, 1.82) is 0 Å². The monoisotopic (exact) mass is 389 g/mol. The Labute approximate surface area is 150 Å². The van der Waals surface area contributed by atoms with Gasteiger partial charge in [0.15, 0.2) is 0 Å². The minimum atomic E-state index is -0.409. The zero-order valence-corrected chi connectivity index (χ0v) is 15.1. The van der Waals surface area contributed by atoms with Crippen LogP contribution in [0.3, 0.4) is 0 Å². The Balaban J connectivity index is 1.69. The van der Waals surface area contributed by atoms with Crippen LogP contribution in [0.2, 0.25) is 0 Å².